The van der Waals surface area contributed by atoms with Crippen LogP contribution in [0, 0.1) is 6.92 Å². The molecule has 1 aliphatic heterocycles. The summed E-state index contributed by atoms with van der Waals surface area (Å²) < 4.78 is 26.4. The van der Waals surface area contributed by atoms with E-state index < -0.39 is 10.0 Å². The largest absolute Gasteiger partial charge is 0.363 e. The van der Waals surface area contributed by atoms with Gasteiger partial charge in [0.05, 0.1) is 17.5 Å². The Hall–Kier alpha value is -1.21. The average molecular weight is 312 g/mol. The highest BCUT2D eigenvalue weighted by Crippen LogP contribution is 2.34. The van der Waals surface area contributed by atoms with Crippen LogP contribution in [-0.4, -0.2) is 49.1 Å². The maximum absolute atomic E-state index is 12.4. The molecule has 0 unspecified atom stereocenters. The van der Waals surface area contributed by atoms with Crippen LogP contribution in [0.2, 0.25) is 0 Å². The summed E-state index contributed by atoms with van der Waals surface area (Å²) in [5, 5.41) is 0. The van der Waals surface area contributed by atoms with Crippen LogP contribution >= 0.6 is 0 Å². The zero-order valence-corrected chi connectivity index (χ0v) is 14.0. The first-order valence-electron chi connectivity index (χ1n) is 7.37. The molecule has 0 amide bonds. The van der Waals surface area contributed by atoms with Crippen molar-refractivity contribution in [2.75, 3.05) is 31.3 Å². The van der Waals surface area contributed by atoms with Gasteiger partial charge in [0, 0.05) is 26.7 Å². The second-order valence-electron chi connectivity index (χ2n) is 5.68. The minimum atomic E-state index is -3.19. The molecule has 1 aliphatic rings. The zero-order valence-electron chi connectivity index (χ0n) is 13.2. The quantitative estimate of drug-likeness (QED) is 0.828. The van der Waals surface area contributed by atoms with Crippen molar-refractivity contribution in [3.05, 3.63) is 17.6 Å². The lowest BCUT2D eigenvalue weighted by Gasteiger charge is -2.24. The van der Waals surface area contributed by atoms with E-state index in [0.717, 1.165) is 24.4 Å². The van der Waals surface area contributed by atoms with Gasteiger partial charge in [-0.1, -0.05) is 6.92 Å². The lowest BCUT2D eigenvalue weighted by molar-refractivity contribution is 0.389. The standard InChI is InChI=1S/C14H24N4O2S/c1-5-9-21(19,20)18-8-6-7-13(18)12-10-14(17(3)4)16-11(2)15-12/h10,13H,5-9H2,1-4H3/t13-/m0/s1. The molecule has 0 N–H and O–H groups in total. The Morgan fingerprint density at radius 3 is 2.71 bits per heavy atom. The molecule has 1 aromatic heterocycles. The number of hydrogen-bond acceptors (Lipinski definition) is 5. The van der Waals surface area contributed by atoms with Crippen LogP contribution in [0.15, 0.2) is 6.07 Å². The van der Waals surface area contributed by atoms with Crippen molar-refractivity contribution in [1.29, 1.82) is 0 Å². The van der Waals surface area contributed by atoms with Crippen molar-refractivity contribution in [2.24, 2.45) is 0 Å². The normalized spacial score (nSPS) is 19.9. The summed E-state index contributed by atoms with van der Waals surface area (Å²) in [4.78, 5) is 10.8. The zero-order chi connectivity index (χ0) is 15.6. The summed E-state index contributed by atoms with van der Waals surface area (Å²) in [6.07, 6.45) is 2.34. The second kappa shape index (κ2) is 6.27. The fraction of sp³-hybridized carbons (Fsp3) is 0.714. The molecule has 6 nitrogen and oxygen atoms in total. The van der Waals surface area contributed by atoms with Crippen LogP contribution in [0.4, 0.5) is 5.82 Å². The topological polar surface area (TPSA) is 66.4 Å². The maximum atomic E-state index is 12.4. The number of aromatic nitrogens is 2. The van der Waals surface area contributed by atoms with Crippen LogP contribution in [0.1, 0.15) is 43.7 Å². The van der Waals surface area contributed by atoms with Gasteiger partial charge in [0.15, 0.2) is 0 Å². The van der Waals surface area contributed by atoms with E-state index >= 15 is 0 Å². The molecule has 0 aromatic carbocycles. The summed E-state index contributed by atoms with van der Waals surface area (Å²) in [6, 6.07) is 1.75. The molecular formula is C14H24N4O2S. The maximum Gasteiger partial charge on any atom is 0.214 e. The highest BCUT2D eigenvalue weighted by atomic mass is 32.2. The molecular weight excluding hydrogens is 288 g/mol. The summed E-state index contributed by atoms with van der Waals surface area (Å²) in [7, 11) is 0.651. The van der Waals surface area contributed by atoms with Crippen LogP contribution in [0.5, 0.6) is 0 Å². The molecule has 2 heterocycles. The smallest absolute Gasteiger partial charge is 0.214 e. The Labute approximate surface area is 127 Å². The molecule has 1 saturated heterocycles. The fourth-order valence-corrected chi connectivity index (χ4v) is 4.48. The molecule has 0 aliphatic carbocycles. The predicted octanol–water partition coefficient (Wildman–Crippen LogP) is 1.73. The molecule has 0 bridgehead atoms. The summed E-state index contributed by atoms with van der Waals surface area (Å²) in [5.41, 5.74) is 0.809. The third-order valence-electron chi connectivity index (χ3n) is 3.67. The minimum Gasteiger partial charge on any atom is -0.363 e. The number of sulfonamides is 1. The molecule has 118 valence electrons. The highest BCUT2D eigenvalue weighted by Gasteiger charge is 2.35. The van der Waals surface area contributed by atoms with Gasteiger partial charge >= 0.3 is 0 Å². The first kappa shape index (κ1) is 16.2. The van der Waals surface area contributed by atoms with Crippen LogP contribution in [-0.2, 0) is 10.0 Å². The lowest BCUT2D eigenvalue weighted by atomic mass is 10.1. The number of nitrogens with zero attached hydrogens (tertiary/aromatic N) is 4. The molecule has 1 fully saturated rings. The van der Waals surface area contributed by atoms with Crippen molar-refractivity contribution >= 4 is 15.8 Å². The van der Waals surface area contributed by atoms with Crippen LogP contribution in [0.25, 0.3) is 0 Å². The Kier molecular flexibility index (Phi) is 4.83. The van der Waals surface area contributed by atoms with Crippen LogP contribution < -0.4 is 4.90 Å². The fourth-order valence-electron chi connectivity index (χ4n) is 2.72. The number of hydrogen-bond donors (Lipinski definition) is 0. The van der Waals surface area contributed by atoms with E-state index in [2.05, 4.69) is 9.97 Å². The van der Waals surface area contributed by atoms with E-state index in [1.54, 1.807) is 4.31 Å². The van der Waals surface area contributed by atoms with Crippen molar-refractivity contribution in [2.45, 2.75) is 39.2 Å². The highest BCUT2D eigenvalue weighted by molar-refractivity contribution is 7.89. The van der Waals surface area contributed by atoms with Crippen LogP contribution in [0.3, 0.4) is 0 Å². The average Bonchev–Trinajstić information content (AvgIpc) is 2.87. The molecule has 21 heavy (non-hydrogen) atoms. The molecule has 1 atom stereocenters. The summed E-state index contributed by atoms with van der Waals surface area (Å²) in [6.45, 7) is 4.32. The third-order valence-corrected chi connectivity index (χ3v) is 5.74. The first-order valence-corrected chi connectivity index (χ1v) is 8.98. The molecule has 0 spiro atoms. The van der Waals surface area contributed by atoms with E-state index in [1.165, 1.54) is 0 Å². The van der Waals surface area contributed by atoms with Gasteiger partial charge in [-0.15, -0.1) is 0 Å². The van der Waals surface area contributed by atoms with Crippen molar-refractivity contribution < 1.29 is 8.42 Å². The van der Waals surface area contributed by atoms with E-state index in [9.17, 15) is 8.42 Å². The molecule has 1 aromatic rings. The lowest BCUT2D eigenvalue weighted by Crippen LogP contribution is -2.33. The number of anilines is 1. The Balaban J connectivity index is 2.36. The summed E-state index contributed by atoms with van der Waals surface area (Å²) >= 11 is 0. The predicted molar refractivity (Wildman–Crippen MR) is 83.9 cm³/mol. The first-order chi connectivity index (χ1) is 9.85. The summed E-state index contributed by atoms with van der Waals surface area (Å²) in [5.74, 6) is 1.70. The molecule has 2 rings (SSSR count). The molecule has 7 heteroatoms. The second-order valence-corrected chi connectivity index (χ2v) is 7.72. The Morgan fingerprint density at radius 2 is 2.10 bits per heavy atom. The van der Waals surface area contributed by atoms with E-state index in [4.69, 9.17) is 0 Å². The van der Waals surface area contributed by atoms with Gasteiger partial charge in [-0.25, -0.2) is 18.4 Å². The van der Waals surface area contributed by atoms with Gasteiger partial charge in [-0.05, 0) is 26.2 Å². The van der Waals surface area contributed by atoms with Crippen molar-refractivity contribution in [3.63, 3.8) is 0 Å². The van der Waals surface area contributed by atoms with Crippen molar-refractivity contribution in [3.8, 4) is 0 Å². The van der Waals surface area contributed by atoms with Gasteiger partial charge in [0.25, 0.3) is 0 Å². The van der Waals surface area contributed by atoms with Gasteiger partial charge in [-0.3, -0.25) is 0 Å². The van der Waals surface area contributed by atoms with E-state index in [1.807, 2.05) is 38.9 Å². The van der Waals surface area contributed by atoms with Gasteiger partial charge < -0.3 is 4.90 Å². The molecule has 0 saturated carbocycles. The van der Waals surface area contributed by atoms with E-state index in [0.29, 0.717) is 18.8 Å². The molecule has 0 radical (unpaired) electrons. The third kappa shape index (κ3) is 3.52. The minimum absolute atomic E-state index is 0.151. The van der Waals surface area contributed by atoms with Gasteiger partial charge in [0.1, 0.15) is 11.6 Å². The van der Waals surface area contributed by atoms with Crippen molar-refractivity contribution in [1.82, 2.24) is 14.3 Å². The number of aryl methyl sites for hydroxylation is 1. The number of rotatable bonds is 5. The Bertz CT molecular complexity index is 601. The Morgan fingerprint density at radius 1 is 1.38 bits per heavy atom. The van der Waals surface area contributed by atoms with Gasteiger partial charge in [0.2, 0.25) is 10.0 Å². The SMILES string of the molecule is CCCS(=O)(=O)N1CCC[C@H]1c1cc(N(C)C)nc(C)n1. The monoisotopic (exact) mass is 312 g/mol. The van der Waals surface area contributed by atoms with Gasteiger partial charge in [-0.2, -0.15) is 4.31 Å². The van der Waals surface area contributed by atoms with E-state index in [-0.39, 0.29) is 11.8 Å².